The zero-order valence-corrected chi connectivity index (χ0v) is 4.29. The van der Waals surface area contributed by atoms with E-state index in [1.54, 1.807) is 6.34 Å². The molecule has 0 aliphatic carbocycles. The summed E-state index contributed by atoms with van der Waals surface area (Å²) in [7, 11) is 0. The largest absolute Gasteiger partial charge is 0.369 e. The highest BCUT2D eigenvalue weighted by Crippen LogP contribution is 2.15. The molecule has 0 atom stereocenters. The Morgan fingerprint density at radius 1 is 1.38 bits per heavy atom. The molecule has 3 nitrogen and oxygen atoms in total. The molecule has 0 unspecified atom stereocenters. The maximum atomic E-state index is 5.03. The lowest BCUT2D eigenvalue weighted by Gasteiger charge is -1.88. The van der Waals surface area contributed by atoms with E-state index < -0.39 is 0 Å². The third kappa shape index (κ3) is 0.391. The number of ether oxygens (including phenoxy) is 1. The van der Waals surface area contributed by atoms with Gasteiger partial charge >= 0.3 is 0 Å². The Morgan fingerprint density at radius 2 is 2.25 bits per heavy atom. The van der Waals surface area contributed by atoms with Crippen molar-refractivity contribution in [3.05, 3.63) is 11.4 Å². The normalized spacial score (nSPS) is 24.0. The zero-order chi connectivity index (χ0) is 5.40. The molecular weight excluding hydrogens is 104 g/mol. The van der Waals surface area contributed by atoms with E-state index in [0.29, 0.717) is 13.2 Å². The summed E-state index contributed by atoms with van der Waals surface area (Å²) < 4.78 is 5.03. The number of nitrogens with zero attached hydrogens (tertiary/aromatic N) is 2. The van der Waals surface area contributed by atoms with Gasteiger partial charge in [-0.25, -0.2) is 10.3 Å². The summed E-state index contributed by atoms with van der Waals surface area (Å²) in [6.45, 7) is 1.30. The Labute approximate surface area is 47.1 Å². The van der Waals surface area contributed by atoms with Crippen molar-refractivity contribution in [3.8, 4) is 0 Å². The Kier molecular flexibility index (Phi) is 0.676. The van der Waals surface area contributed by atoms with Gasteiger partial charge in [0.05, 0.1) is 24.6 Å². The molecule has 0 aromatic carbocycles. The summed E-state index contributed by atoms with van der Waals surface area (Å²) in [5.74, 6) is 0. The van der Waals surface area contributed by atoms with E-state index in [1.807, 2.05) is 0 Å². The second-order valence-electron chi connectivity index (χ2n) is 1.76. The quantitative estimate of drug-likeness (QED) is 0.427. The first-order valence-electron chi connectivity index (χ1n) is 2.50. The van der Waals surface area contributed by atoms with Crippen LogP contribution in [0.2, 0.25) is 0 Å². The number of aliphatic imine (C=N–C) groups is 1. The smallest absolute Gasteiger partial charge is 0.116 e. The molecule has 0 bridgehead atoms. The Bertz CT molecular complexity index is 171. The second kappa shape index (κ2) is 1.32. The van der Waals surface area contributed by atoms with Crippen LogP contribution in [-0.2, 0) is 4.74 Å². The van der Waals surface area contributed by atoms with Gasteiger partial charge in [0.15, 0.2) is 0 Å². The average molecular weight is 109 g/mol. The molecule has 0 saturated heterocycles. The minimum atomic E-state index is 0.648. The van der Waals surface area contributed by atoms with Gasteiger partial charge in [0.2, 0.25) is 0 Å². The van der Waals surface area contributed by atoms with Crippen molar-refractivity contribution in [2.75, 3.05) is 13.2 Å². The number of hydrogen-bond acceptors (Lipinski definition) is 2. The SMILES string of the molecule is C1=NC2=C(COC2)[N]1. The maximum Gasteiger partial charge on any atom is 0.116 e. The van der Waals surface area contributed by atoms with Gasteiger partial charge in [0, 0.05) is 0 Å². The zero-order valence-electron chi connectivity index (χ0n) is 4.29. The summed E-state index contributed by atoms with van der Waals surface area (Å²) in [5, 5.41) is 3.96. The van der Waals surface area contributed by atoms with E-state index in [9.17, 15) is 0 Å². The van der Waals surface area contributed by atoms with Gasteiger partial charge < -0.3 is 4.74 Å². The fourth-order valence-corrected chi connectivity index (χ4v) is 0.803. The van der Waals surface area contributed by atoms with Gasteiger partial charge in [-0.15, -0.1) is 0 Å². The topological polar surface area (TPSA) is 35.7 Å². The lowest BCUT2D eigenvalue weighted by atomic mass is 10.4. The summed E-state index contributed by atoms with van der Waals surface area (Å²) in [4.78, 5) is 3.96. The van der Waals surface area contributed by atoms with Crippen LogP contribution in [0.4, 0.5) is 0 Å². The predicted molar refractivity (Wildman–Crippen MR) is 28.5 cm³/mol. The van der Waals surface area contributed by atoms with Crippen LogP contribution in [0, 0.1) is 0 Å². The summed E-state index contributed by atoms with van der Waals surface area (Å²) >= 11 is 0. The van der Waals surface area contributed by atoms with Crippen molar-refractivity contribution < 1.29 is 4.74 Å². The molecule has 0 amide bonds. The first kappa shape index (κ1) is 4.09. The molecule has 0 fully saturated rings. The Hall–Kier alpha value is -0.830. The van der Waals surface area contributed by atoms with Crippen LogP contribution in [0.5, 0.6) is 0 Å². The molecule has 3 heteroatoms. The molecule has 0 aromatic heterocycles. The summed E-state index contributed by atoms with van der Waals surface area (Å²) in [5.41, 5.74) is 2.01. The van der Waals surface area contributed by atoms with Crippen molar-refractivity contribution in [1.29, 1.82) is 0 Å². The molecule has 1 radical (unpaired) electrons. The highest BCUT2D eigenvalue weighted by molar-refractivity contribution is 5.63. The van der Waals surface area contributed by atoms with Crippen LogP contribution in [0.3, 0.4) is 0 Å². The van der Waals surface area contributed by atoms with Crippen LogP contribution in [0.1, 0.15) is 0 Å². The van der Waals surface area contributed by atoms with E-state index in [2.05, 4.69) is 10.3 Å². The van der Waals surface area contributed by atoms with E-state index in [-0.39, 0.29) is 0 Å². The van der Waals surface area contributed by atoms with Crippen LogP contribution >= 0.6 is 0 Å². The van der Waals surface area contributed by atoms with E-state index in [1.165, 1.54) is 0 Å². The Morgan fingerprint density at radius 3 is 3.12 bits per heavy atom. The number of rotatable bonds is 0. The minimum absolute atomic E-state index is 0.648. The van der Waals surface area contributed by atoms with Crippen molar-refractivity contribution >= 4 is 6.34 Å². The molecule has 8 heavy (non-hydrogen) atoms. The monoisotopic (exact) mass is 109 g/mol. The van der Waals surface area contributed by atoms with Crippen molar-refractivity contribution in [2.45, 2.75) is 0 Å². The highest BCUT2D eigenvalue weighted by Gasteiger charge is 2.17. The maximum absolute atomic E-state index is 5.03. The molecule has 2 aliphatic heterocycles. The minimum Gasteiger partial charge on any atom is -0.369 e. The van der Waals surface area contributed by atoms with E-state index in [4.69, 9.17) is 4.74 Å². The van der Waals surface area contributed by atoms with Gasteiger partial charge in [-0.05, 0) is 0 Å². The van der Waals surface area contributed by atoms with Gasteiger partial charge in [-0.2, -0.15) is 0 Å². The fraction of sp³-hybridized carbons (Fsp3) is 0.400. The lowest BCUT2D eigenvalue weighted by molar-refractivity contribution is 0.201. The molecular formula is C5H5N2O. The van der Waals surface area contributed by atoms with E-state index in [0.717, 1.165) is 11.4 Å². The third-order valence-corrected chi connectivity index (χ3v) is 1.24. The van der Waals surface area contributed by atoms with Crippen molar-refractivity contribution in [2.24, 2.45) is 4.99 Å². The number of hydrogen-bond donors (Lipinski definition) is 0. The fourth-order valence-electron chi connectivity index (χ4n) is 0.803. The first-order chi connectivity index (χ1) is 3.97. The molecule has 0 N–H and O–H groups in total. The summed E-state index contributed by atoms with van der Waals surface area (Å²) in [6.07, 6.45) is 1.58. The van der Waals surface area contributed by atoms with Gasteiger partial charge in [0.25, 0.3) is 0 Å². The Balaban J connectivity index is 2.33. The van der Waals surface area contributed by atoms with Gasteiger partial charge in [-0.1, -0.05) is 0 Å². The van der Waals surface area contributed by atoms with Gasteiger partial charge in [-0.3, -0.25) is 0 Å². The van der Waals surface area contributed by atoms with Crippen LogP contribution < -0.4 is 5.32 Å². The molecule has 0 spiro atoms. The first-order valence-corrected chi connectivity index (χ1v) is 2.50. The molecule has 0 aromatic rings. The molecule has 0 saturated carbocycles. The van der Waals surface area contributed by atoms with E-state index >= 15 is 0 Å². The lowest BCUT2D eigenvalue weighted by Crippen LogP contribution is -1.99. The van der Waals surface area contributed by atoms with Crippen LogP contribution in [0.25, 0.3) is 0 Å². The standard InChI is InChI=1S/C5H5N2O/c1-4-5(2-8-1)7-3-6-4/h3H,1-2H2. The second-order valence-corrected chi connectivity index (χ2v) is 1.76. The molecule has 41 valence electrons. The van der Waals surface area contributed by atoms with Crippen LogP contribution in [0.15, 0.2) is 16.4 Å². The molecule has 2 aliphatic rings. The summed E-state index contributed by atoms with van der Waals surface area (Å²) in [6, 6.07) is 0. The van der Waals surface area contributed by atoms with Crippen molar-refractivity contribution in [1.82, 2.24) is 5.32 Å². The van der Waals surface area contributed by atoms with Crippen LogP contribution in [-0.4, -0.2) is 19.6 Å². The van der Waals surface area contributed by atoms with Crippen molar-refractivity contribution in [3.63, 3.8) is 0 Å². The highest BCUT2D eigenvalue weighted by atomic mass is 16.5. The molecule has 2 heterocycles. The third-order valence-electron chi connectivity index (χ3n) is 1.24. The van der Waals surface area contributed by atoms with Gasteiger partial charge in [0.1, 0.15) is 6.34 Å². The molecule has 2 rings (SSSR count). The average Bonchev–Trinajstić information content (AvgIpc) is 2.15. The predicted octanol–water partition coefficient (Wildman–Crippen LogP) is -0.125.